The Morgan fingerprint density at radius 3 is 1.85 bits per heavy atom. The minimum atomic E-state index is 0.777. The molecule has 39 heavy (non-hydrogen) atoms. The Morgan fingerprint density at radius 1 is 0.513 bits per heavy atom. The van der Waals surface area contributed by atoms with Crippen LogP contribution in [0.4, 0.5) is 0 Å². The molecule has 0 aliphatic heterocycles. The SMILES string of the molecule is Brc1cccc(Oc2ccc3c4cccc5c6ccccc6c6ccccc6c6cccnc6n(c3c2)c54)c1. The molecule has 184 valence electrons. The molecule has 0 radical (unpaired) electrons. The Balaban J connectivity index is 1.64. The molecule has 4 heteroatoms. The van der Waals surface area contributed by atoms with Crippen LogP contribution in [0.2, 0.25) is 0 Å². The monoisotopic (exact) mass is 564 g/mol. The molecule has 0 aliphatic carbocycles. The van der Waals surface area contributed by atoms with Gasteiger partial charge in [-0.3, -0.25) is 4.40 Å². The summed E-state index contributed by atoms with van der Waals surface area (Å²) in [6, 6.07) is 42.4. The summed E-state index contributed by atoms with van der Waals surface area (Å²) in [6.45, 7) is 0. The molecule has 0 N–H and O–H groups in total. The van der Waals surface area contributed by atoms with Gasteiger partial charge in [0.2, 0.25) is 0 Å². The number of aromatic nitrogens is 2. The van der Waals surface area contributed by atoms with Crippen LogP contribution >= 0.6 is 15.9 Å². The highest BCUT2D eigenvalue weighted by Crippen LogP contribution is 2.39. The molecule has 8 rings (SSSR count). The van der Waals surface area contributed by atoms with Crippen LogP contribution in [0.25, 0.3) is 59.8 Å². The predicted octanol–water partition coefficient (Wildman–Crippen LogP) is 10.2. The molecule has 3 heterocycles. The van der Waals surface area contributed by atoms with E-state index < -0.39 is 0 Å². The Hall–Kier alpha value is -4.67. The third-order valence-electron chi connectivity index (χ3n) is 7.51. The first-order valence-electron chi connectivity index (χ1n) is 12.9. The summed E-state index contributed by atoms with van der Waals surface area (Å²) in [5.41, 5.74) is 3.11. The summed E-state index contributed by atoms with van der Waals surface area (Å²) in [5.74, 6) is 1.56. The summed E-state index contributed by atoms with van der Waals surface area (Å²) >= 11 is 3.55. The zero-order chi connectivity index (χ0) is 25.9. The zero-order valence-electron chi connectivity index (χ0n) is 20.8. The number of pyridine rings is 1. The number of rotatable bonds is 2. The van der Waals surface area contributed by atoms with E-state index >= 15 is 0 Å². The minimum absolute atomic E-state index is 0.777. The normalized spacial score (nSPS) is 11.7. The molecule has 8 aromatic rings. The first-order chi connectivity index (χ1) is 19.3. The maximum Gasteiger partial charge on any atom is 0.145 e. The van der Waals surface area contributed by atoms with E-state index in [2.05, 4.69) is 105 Å². The third kappa shape index (κ3) is 3.45. The Bertz CT molecular complexity index is 2280. The van der Waals surface area contributed by atoms with Crippen molar-refractivity contribution in [1.29, 1.82) is 0 Å². The van der Waals surface area contributed by atoms with Gasteiger partial charge in [0.15, 0.2) is 0 Å². The lowest BCUT2D eigenvalue weighted by molar-refractivity contribution is 0.483. The number of halogens is 1. The van der Waals surface area contributed by atoms with Crippen molar-refractivity contribution in [2.24, 2.45) is 0 Å². The molecule has 3 aromatic heterocycles. The zero-order valence-corrected chi connectivity index (χ0v) is 22.4. The summed E-state index contributed by atoms with van der Waals surface area (Å²) < 4.78 is 9.63. The fraction of sp³-hybridized carbons (Fsp3) is 0. The first-order valence-corrected chi connectivity index (χ1v) is 13.7. The second kappa shape index (κ2) is 8.69. The van der Waals surface area contributed by atoms with E-state index in [1.54, 1.807) is 0 Å². The standard InChI is InChI=1S/C35H21BrN2O/c36-22-8-5-9-23(20-22)39-24-17-18-29-31-15-6-14-30-27-12-3-1-10-25(27)26-11-2-4-13-28(26)32-16-7-19-37-35(32)38(34(30)31)33(29)21-24/h1-21H. The van der Waals surface area contributed by atoms with Gasteiger partial charge in [-0.2, -0.15) is 0 Å². The van der Waals surface area contributed by atoms with Crippen molar-refractivity contribution in [3.05, 3.63) is 132 Å². The van der Waals surface area contributed by atoms with Crippen molar-refractivity contribution in [2.45, 2.75) is 0 Å². The van der Waals surface area contributed by atoms with E-state index in [0.717, 1.165) is 48.8 Å². The Kier molecular flexibility index (Phi) is 4.97. The van der Waals surface area contributed by atoms with E-state index in [0.29, 0.717) is 0 Å². The van der Waals surface area contributed by atoms with Gasteiger partial charge in [-0.25, -0.2) is 4.98 Å². The van der Waals surface area contributed by atoms with E-state index in [1.807, 2.05) is 42.6 Å². The van der Waals surface area contributed by atoms with Gasteiger partial charge < -0.3 is 4.74 Å². The highest BCUT2D eigenvalue weighted by molar-refractivity contribution is 9.10. The average molecular weight is 565 g/mol. The van der Waals surface area contributed by atoms with Crippen molar-refractivity contribution in [3.63, 3.8) is 0 Å². The van der Waals surface area contributed by atoms with E-state index in [-0.39, 0.29) is 0 Å². The highest BCUT2D eigenvalue weighted by Gasteiger charge is 2.16. The molecule has 3 nitrogen and oxygen atoms in total. The lowest BCUT2D eigenvalue weighted by atomic mass is 10.0. The van der Waals surface area contributed by atoms with Crippen molar-refractivity contribution in [3.8, 4) is 11.5 Å². The molecular weight excluding hydrogens is 544 g/mol. The molecule has 0 bridgehead atoms. The Morgan fingerprint density at radius 2 is 1.10 bits per heavy atom. The summed E-state index contributed by atoms with van der Waals surface area (Å²) in [7, 11) is 0. The van der Waals surface area contributed by atoms with Gasteiger partial charge in [0.1, 0.15) is 17.1 Å². The number of hydrogen-bond donors (Lipinski definition) is 0. The number of hydrogen-bond acceptors (Lipinski definition) is 2. The van der Waals surface area contributed by atoms with Crippen LogP contribution in [0.3, 0.4) is 0 Å². The fourth-order valence-electron chi connectivity index (χ4n) is 5.90. The lowest BCUT2D eigenvalue weighted by Gasteiger charge is -2.07. The van der Waals surface area contributed by atoms with Crippen LogP contribution in [0.1, 0.15) is 0 Å². The number of nitrogens with zero attached hydrogens (tertiary/aromatic N) is 2. The summed E-state index contributed by atoms with van der Waals surface area (Å²) in [6.07, 6.45) is 1.88. The maximum absolute atomic E-state index is 6.33. The second-order valence-corrected chi connectivity index (χ2v) is 10.7. The van der Waals surface area contributed by atoms with Crippen LogP contribution in [0, 0.1) is 0 Å². The molecule has 0 saturated heterocycles. The van der Waals surface area contributed by atoms with Crippen molar-refractivity contribution >= 4 is 75.7 Å². The van der Waals surface area contributed by atoms with E-state index in [4.69, 9.17) is 9.72 Å². The van der Waals surface area contributed by atoms with Gasteiger partial charge in [-0.05, 0) is 64.0 Å². The molecular formula is C35H21BrN2O. The number of fused-ring (bicyclic) bond motifs is 10. The van der Waals surface area contributed by atoms with Crippen LogP contribution in [-0.2, 0) is 0 Å². The third-order valence-corrected chi connectivity index (χ3v) is 8.01. The van der Waals surface area contributed by atoms with Gasteiger partial charge in [0, 0.05) is 38.3 Å². The summed E-state index contributed by atoms with van der Waals surface area (Å²) in [5, 5.41) is 9.42. The molecule has 0 saturated carbocycles. The van der Waals surface area contributed by atoms with Crippen LogP contribution in [0.15, 0.2) is 132 Å². The van der Waals surface area contributed by atoms with Crippen molar-refractivity contribution in [2.75, 3.05) is 0 Å². The van der Waals surface area contributed by atoms with Crippen LogP contribution in [0.5, 0.6) is 11.5 Å². The lowest BCUT2D eigenvalue weighted by Crippen LogP contribution is -1.90. The number of para-hydroxylation sites is 1. The number of ether oxygens (including phenoxy) is 1. The minimum Gasteiger partial charge on any atom is -0.457 e. The van der Waals surface area contributed by atoms with Crippen LogP contribution < -0.4 is 4.74 Å². The first kappa shape index (κ1) is 22.3. The average Bonchev–Trinajstić information content (AvgIpc) is 3.32. The van der Waals surface area contributed by atoms with Crippen molar-refractivity contribution < 1.29 is 4.74 Å². The van der Waals surface area contributed by atoms with Crippen molar-refractivity contribution in [1.82, 2.24) is 9.38 Å². The smallest absolute Gasteiger partial charge is 0.145 e. The fourth-order valence-corrected chi connectivity index (χ4v) is 6.28. The quantitative estimate of drug-likeness (QED) is 0.209. The largest absolute Gasteiger partial charge is 0.457 e. The van der Waals surface area contributed by atoms with Gasteiger partial charge in [0.25, 0.3) is 0 Å². The van der Waals surface area contributed by atoms with Gasteiger partial charge >= 0.3 is 0 Å². The predicted molar refractivity (Wildman–Crippen MR) is 166 cm³/mol. The maximum atomic E-state index is 6.33. The molecule has 0 spiro atoms. The topological polar surface area (TPSA) is 26.5 Å². The van der Waals surface area contributed by atoms with E-state index in [9.17, 15) is 0 Å². The molecule has 0 amide bonds. The Labute approximate surface area is 232 Å². The number of benzene rings is 5. The van der Waals surface area contributed by atoms with Gasteiger partial charge in [0.05, 0.1) is 11.0 Å². The van der Waals surface area contributed by atoms with Gasteiger partial charge in [-0.15, -0.1) is 0 Å². The molecule has 0 unspecified atom stereocenters. The molecule has 0 fully saturated rings. The van der Waals surface area contributed by atoms with E-state index in [1.165, 1.54) is 26.9 Å². The second-order valence-electron chi connectivity index (χ2n) is 9.74. The highest BCUT2D eigenvalue weighted by atomic mass is 79.9. The molecule has 5 aromatic carbocycles. The summed E-state index contributed by atoms with van der Waals surface area (Å²) in [4.78, 5) is 5.01. The van der Waals surface area contributed by atoms with Gasteiger partial charge in [-0.1, -0.05) is 88.7 Å². The van der Waals surface area contributed by atoms with Crippen LogP contribution in [-0.4, -0.2) is 9.38 Å². The molecule has 0 aliphatic rings. The molecule has 0 atom stereocenters.